The van der Waals surface area contributed by atoms with Crippen molar-refractivity contribution in [2.75, 3.05) is 39.9 Å². The van der Waals surface area contributed by atoms with Gasteiger partial charge in [-0.25, -0.2) is 0 Å². The molecule has 76 valence electrons. The molecule has 2 aliphatic rings. The van der Waals surface area contributed by atoms with Crippen molar-refractivity contribution in [2.45, 2.75) is 18.9 Å². The van der Waals surface area contributed by atoms with Crippen LogP contribution in [0.15, 0.2) is 0 Å². The first-order valence-electron chi connectivity index (χ1n) is 5.34. The van der Waals surface area contributed by atoms with E-state index in [1.165, 1.54) is 25.9 Å². The summed E-state index contributed by atoms with van der Waals surface area (Å²) in [4.78, 5) is 2.34. The molecule has 0 saturated carbocycles. The van der Waals surface area contributed by atoms with E-state index in [1.54, 1.807) is 0 Å². The van der Waals surface area contributed by atoms with Gasteiger partial charge in [-0.3, -0.25) is 0 Å². The van der Waals surface area contributed by atoms with Crippen LogP contribution in [0.2, 0.25) is 0 Å². The van der Waals surface area contributed by atoms with Crippen molar-refractivity contribution < 1.29 is 4.74 Å². The normalized spacial score (nSPS) is 31.6. The van der Waals surface area contributed by atoms with E-state index in [9.17, 15) is 0 Å². The monoisotopic (exact) mass is 184 g/mol. The third-order valence-electron chi connectivity index (χ3n) is 3.01. The Bertz CT molecular complexity index is 151. The van der Waals surface area contributed by atoms with Crippen LogP contribution in [0, 0.1) is 5.92 Å². The molecule has 3 heteroatoms. The lowest BCUT2D eigenvalue weighted by atomic mass is 10.0. The largest absolute Gasteiger partial charge is 0.381 e. The van der Waals surface area contributed by atoms with Crippen molar-refractivity contribution in [3.8, 4) is 0 Å². The summed E-state index contributed by atoms with van der Waals surface area (Å²) in [5.74, 6) is 0.764. The molecule has 0 aromatic heterocycles. The fourth-order valence-electron chi connectivity index (χ4n) is 2.13. The molecule has 2 aliphatic heterocycles. The molecule has 2 saturated heterocycles. The Labute approximate surface area is 80.4 Å². The van der Waals surface area contributed by atoms with Crippen LogP contribution in [-0.2, 0) is 4.74 Å². The zero-order valence-electron chi connectivity index (χ0n) is 8.46. The van der Waals surface area contributed by atoms with E-state index < -0.39 is 0 Å². The molecular formula is C10H20N2O. The van der Waals surface area contributed by atoms with Crippen molar-refractivity contribution >= 4 is 0 Å². The Morgan fingerprint density at radius 1 is 1.46 bits per heavy atom. The van der Waals surface area contributed by atoms with Crippen molar-refractivity contribution in [1.82, 2.24) is 10.2 Å². The standard InChI is InChI=1S/C10H20N2O/c1-12-6-10(7-12)11-5-9-3-2-4-13-8-9/h9-11H,2-8H2,1H3. The van der Waals surface area contributed by atoms with Crippen LogP contribution in [0.5, 0.6) is 0 Å². The summed E-state index contributed by atoms with van der Waals surface area (Å²) in [5.41, 5.74) is 0. The fraction of sp³-hybridized carbons (Fsp3) is 1.00. The molecule has 13 heavy (non-hydrogen) atoms. The van der Waals surface area contributed by atoms with Gasteiger partial charge in [-0.1, -0.05) is 0 Å². The lowest BCUT2D eigenvalue weighted by Crippen LogP contribution is -2.57. The van der Waals surface area contributed by atoms with Crippen LogP contribution in [0.25, 0.3) is 0 Å². The molecule has 0 amide bonds. The lowest BCUT2D eigenvalue weighted by molar-refractivity contribution is 0.0497. The van der Waals surface area contributed by atoms with Crippen LogP contribution in [0.4, 0.5) is 0 Å². The van der Waals surface area contributed by atoms with Gasteiger partial charge in [0, 0.05) is 32.3 Å². The molecule has 1 atom stereocenters. The van der Waals surface area contributed by atoms with Gasteiger partial charge in [0.1, 0.15) is 0 Å². The number of rotatable bonds is 3. The van der Waals surface area contributed by atoms with Crippen LogP contribution in [0.3, 0.4) is 0 Å². The number of hydrogen-bond donors (Lipinski definition) is 1. The van der Waals surface area contributed by atoms with Gasteiger partial charge < -0.3 is 15.0 Å². The van der Waals surface area contributed by atoms with E-state index >= 15 is 0 Å². The van der Waals surface area contributed by atoms with Gasteiger partial charge in [-0.05, 0) is 25.8 Å². The number of likely N-dealkylation sites (N-methyl/N-ethyl adjacent to an activating group) is 1. The minimum absolute atomic E-state index is 0.743. The SMILES string of the molecule is CN1CC(NCC2CCCOC2)C1. The second-order valence-electron chi connectivity index (χ2n) is 4.41. The van der Waals surface area contributed by atoms with Crippen molar-refractivity contribution in [3.05, 3.63) is 0 Å². The smallest absolute Gasteiger partial charge is 0.0506 e. The summed E-state index contributed by atoms with van der Waals surface area (Å²) in [6.45, 7) is 5.53. The molecule has 0 radical (unpaired) electrons. The van der Waals surface area contributed by atoms with Crippen LogP contribution < -0.4 is 5.32 Å². The fourth-order valence-corrected chi connectivity index (χ4v) is 2.13. The zero-order valence-corrected chi connectivity index (χ0v) is 8.46. The van der Waals surface area contributed by atoms with Gasteiger partial charge >= 0.3 is 0 Å². The molecule has 2 fully saturated rings. The van der Waals surface area contributed by atoms with E-state index in [2.05, 4.69) is 17.3 Å². The molecule has 3 nitrogen and oxygen atoms in total. The van der Waals surface area contributed by atoms with E-state index in [0.717, 1.165) is 31.7 Å². The number of likely N-dealkylation sites (tertiary alicyclic amines) is 1. The summed E-state index contributed by atoms with van der Waals surface area (Å²) in [5, 5.41) is 3.60. The minimum Gasteiger partial charge on any atom is -0.381 e. The predicted molar refractivity (Wildman–Crippen MR) is 52.8 cm³/mol. The molecule has 2 heterocycles. The van der Waals surface area contributed by atoms with Gasteiger partial charge in [-0.2, -0.15) is 0 Å². The Kier molecular flexibility index (Phi) is 3.19. The van der Waals surface area contributed by atoms with Crippen molar-refractivity contribution in [1.29, 1.82) is 0 Å². The molecule has 0 bridgehead atoms. The number of ether oxygens (including phenoxy) is 1. The first-order valence-corrected chi connectivity index (χ1v) is 5.34. The van der Waals surface area contributed by atoms with Gasteiger partial charge in [0.25, 0.3) is 0 Å². The lowest BCUT2D eigenvalue weighted by Gasteiger charge is -2.38. The summed E-state index contributed by atoms with van der Waals surface area (Å²) in [6.07, 6.45) is 2.59. The molecule has 1 unspecified atom stereocenters. The molecule has 0 aromatic carbocycles. The molecule has 0 aromatic rings. The minimum atomic E-state index is 0.743. The number of hydrogen-bond acceptors (Lipinski definition) is 3. The van der Waals surface area contributed by atoms with E-state index in [0.29, 0.717) is 0 Å². The molecule has 1 N–H and O–H groups in total. The molecule has 2 rings (SSSR count). The average Bonchev–Trinajstić information content (AvgIpc) is 2.12. The highest BCUT2D eigenvalue weighted by atomic mass is 16.5. The summed E-state index contributed by atoms with van der Waals surface area (Å²) < 4.78 is 5.44. The highest BCUT2D eigenvalue weighted by Crippen LogP contribution is 2.13. The second-order valence-corrected chi connectivity index (χ2v) is 4.41. The Hall–Kier alpha value is -0.120. The highest BCUT2D eigenvalue weighted by Gasteiger charge is 2.23. The maximum Gasteiger partial charge on any atom is 0.0506 e. The summed E-state index contributed by atoms with van der Waals surface area (Å²) in [7, 11) is 2.17. The third kappa shape index (κ3) is 2.66. The maximum atomic E-state index is 5.44. The number of nitrogens with zero attached hydrogens (tertiary/aromatic N) is 1. The van der Waals surface area contributed by atoms with Gasteiger partial charge in [0.05, 0.1) is 6.61 Å². The third-order valence-corrected chi connectivity index (χ3v) is 3.01. The van der Waals surface area contributed by atoms with E-state index in [-0.39, 0.29) is 0 Å². The quantitative estimate of drug-likeness (QED) is 0.683. The van der Waals surface area contributed by atoms with Gasteiger partial charge in [0.2, 0.25) is 0 Å². The van der Waals surface area contributed by atoms with Gasteiger partial charge in [-0.15, -0.1) is 0 Å². The van der Waals surface area contributed by atoms with Crippen LogP contribution in [-0.4, -0.2) is 50.8 Å². The predicted octanol–water partition coefficient (Wildman–Crippen LogP) is 0.317. The zero-order chi connectivity index (χ0) is 9.10. The van der Waals surface area contributed by atoms with Crippen LogP contribution >= 0.6 is 0 Å². The molecule has 0 spiro atoms. The molecule has 0 aliphatic carbocycles. The maximum absolute atomic E-state index is 5.44. The first kappa shape index (κ1) is 9.44. The first-order chi connectivity index (χ1) is 6.34. The van der Waals surface area contributed by atoms with E-state index in [1.807, 2.05) is 0 Å². The topological polar surface area (TPSA) is 24.5 Å². The Morgan fingerprint density at radius 3 is 2.92 bits per heavy atom. The Morgan fingerprint density at radius 2 is 2.31 bits per heavy atom. The van der Waals surface area contributed by atoms with Crippen molar-refractivity contribution in [2.24, 2.45) is 5.92 Å². The summed E-state index contributed by atoms with van der Waals surface area (Å²) >= 11 is 0. The highest BCUT2D eigenvalue weighted by molar-refractivity contribution is 4.84. The number of nitrogens with one attached hydrogen (secondary N) is 1. The molecular weight excluding hydrogens is 164 g/mol. The van der Waals surface area contributed by atoms with Crippen LogP contribution in [0.1, 0.15) is 12.8 Å². The van der Waals surface area contributed by atoms with Crippen molar-refractivity contribution in [3.63, 3.8) is 0 Å². The van der Waals surface area contributed by atoms with Gasteiger partial charge in [0.15, 0.2) is 0 Å². The Balaban J connectivity index is 1.56. The average molecular weight is 184 g/mol. The second kappa shape index (κ2) is 4.40. The summed E-state index contributed by atoms with van der Waals surface area (Å²) in [6, 6.07) is 0.743. The van der Waals surface area contributed by atoms with E-state index in [4.69, 9.17) is 4.74 Å².